The molecule has 8 nitrogen and oxygen atoms in total. The molecule has 2 aromatic heterocycles. The summed E-state index contributed by atoms with van der Waals surface area (Å²) in [6, 6.07) is 2.07. The third kappa shape index (κ3) is 5.28. The lowest BCUT2D eigenvalue weighted by atomic mass is 9.85. The summed E-state index contributed by atoms with van der Waals surface area (Å²) >= 11 is 0. The molecule has 3 rings (SSSR count). The van der Waals surface area contributed by atoms with E-state index in [1.165, 1.54) is 6.92 Å². The zero-order valence-corrected chi connectivity index (χ0v) is 17.2. The minimum atomic E-state index is -0.172. The van der Waals surface area contributed by atoms with Crippen molar-refractivity contribution in [3.8, 4) is 0 Å². The molecular formula is C21H28N6O2. The van der Waals surface area contributed by atoms with E-state index in [0.29, 0.717) is 17.8 Å². The Balaban J connectivity index is 1.80. The molecule has 8 heteroatoms. The molecule has 2 atom stereocenters. The topological polar surface area (TPSA) is 109 Å². The first-order chi connectivity index (χ1) is 13.9. The third-order valence-electron chi connectivity index (χ3n) is 4.91. The van der Waals surface area contributed by atoms with Crippen LogP contribution in [0.5, 0.6) is 0 Å². The molecule has 0 saturated heterocycles. The number of pyridine rings is 1. The Hall–Kier alpha value is -3.03. The predicted octanol–water partition coefficient (Wildman–Crippen LogP) is 3.12. The van der Waals surface area contributed by atoms with Gasteiger partial charge in [0, 0.05) is 36.5 Å². The van der Waals surface area contributed by atoms with Gasteiger partial charge in [0.05, 0.1) is 5.69 Å². The maximum atomic E-state index is 12.7. The largest absolute Gasteiger partial charge is 0.366 e. The second kappa shape index (κ2) is 8.98. The zero-order valence-electron chi connectivity index (χ0n) is 17.2. The van der Waals surface area contributed by atoms with Gasteiger partial charge in [0.25, 0.3) is 0 Å². The van der Waals surface area contributed by atoms with Gasteiger partial charge in [-0.3, -0.25) is 14.9 Å². The first kappa shape index (κ1) is 20.7. The summed E-state index contributed by atoms with van der Waals surface area (Å²) in [5, 5.41) is 9.86. The van der Waals surface area contributed by atoms with Gasteiger partial charge in [-0.15, -0.1) is 0 Å². The van der Waals surface area contributed by atoms with Crippen molar-refractivity contribution in [3.63, 3.8) is 0 Å². The van der Waals surface area contributed by atoms with Gasteiger partial charge in [-0.25, -0.2) is 15.0 Å². The highest BCUT2D eigenvalue weighted by molar-refractivity contribution is 5.94. The van der Waals surface area contributed by atoms with Crippen molar-refractivity contribution < 1.29 is 9.59 Å². The van der Waals surface area contributed by atoms with Crippen LogP contribution >= 0.6 is 0 Å². The standard InChI is InChI=1S/C21H28N6O2/c1-5-16-10-15-11-22-21(26-18(15)19(25-16)23-12(2)3)27-20(29)14-7-6-8-17(9-14)24-13(4)28/h5,10-12,14,17H,1,6-9H2,2-4H3,(H,23,25)(H,24,28)(H,22,26,27,29)/t14?,17-/m1/s1. The predicted molar refractivity (Wildman–Crippen MR) is 114 cm³/mol. The lowest BCUT2D eigenvalue weighted by Gasteiger charge is -2.28. The molecule has 3 N–H and O–H groups in total. The summed E-state index contributed by atoms with van der Waals surface area (Å²) in [5.74, 6) is 0.533. The molecule has 2 amide bonds. The summed E-state index contributed by atoms with van der Waals surface area (Å²) in [6.45, 7) is 9.32. The molecule has 1 aliphatic rings. The van der Waals surface area contributed by atoms with Crippen LogP contribution in [-0.4, -0.2) is 38.8 Å². The summed E-state index contributed by atoms with van der Waals surface area (Å²) in [6.07, 6.45) is 6.58. The first-order valence-corrected chi connectivity index (χ1v) is 10.0. The van der Waals surface area contributed by atoms with Crippen molar-refractivity contribution in [2.24, 2.45) is 5.92 Å². The molecule has 0 radical (unpaired) electrons. The Kier molecular flexibility index (Phi) is 6.41. The van der Waals surface area contributed by atoms with E-state index in [1.807, 2.05) is 19.9 Å². The number of rotatable bonds is 6. The summed E-state index contributed by atoms with van der Waals surface area (Å²) in [4.78, 5) is 37.4. The van der Waals surface area contributed by atoms with Crippen LogP contribution in [-0.2, 0) is 9.59 Å². The van der Waals surface area contributed by atoms with Gasteiger partial charge in [0.1, 0.15) is 5.52 Å². The molecule has 0 aromatic carbocycles. The number of nitrogens with zero attached hydrogens (tertiary/aromatic N) is 3. The fraction of sp³-hybridized carbons (Fsp3) is 0.476. The number of hydrogen-bond acceptors (Lipinski definition) is 6. The highest BCUT2D eigenvalue weighted by Gasteiger charge is 2.28. The van der Waals surface area contributed by atoms with Crippen molar-refractivity contribution in [1.82, 2.24) is 20.3 Å². The minimum Gasteiger partial charge on any atom is -0.366 e. The van der Waals surface area contributed by atoms with Crippen LogP contribution in [0.3, 0.4) is 0 Å². The van der Waals surface area contributed by atoms with Crippen molar-refractivity contribution in [1.29, 1.82) is 0 Å². The fourth-order valence-electron chi connectivity index (χ4n) is 3.66. The molecule has 1 fully saturated rings. The quantitative estimate of drug-likeness (QED) is 0.692. The maximum Gasteiger partial charge on any atom is 0.230 e. The number of nitrogens with one attached hydrogen (secondary N) is 3. The molecular weight excluding hydrogens is 368 g/mol. The molecule has 29 heavy (non-hydrogen) atoms. The van der Waals surface area contributed by atoms with Crippen LogP contribution in [0.4, 0.5) is 11.8 Å². The average Bonchev–Trinajstić information content (AvgIpc) is 2.67. The van der Waals surface area contributed by atoms with Crippen molar-refractivity contribution in [2.45, 2.75) is 58.5 Å². The fourth-order valence-corrected chi connectivity index (χ4v) is 3.66. The lowest BCUT2D eigenvalue weighted by molar-refractivity contribution is -0.123. The van der Waals surface area contributed by atoms with Crippen LogP contribution in [0.2, 0.25) is 0 Å². The van der Waals surface area contributed by atoms with Gasteiger partial charge in [0.15, 0.2) is 5.82 Å². The van der Waals surface area contributed by atoms with Crippen molar-refractivity contribution in [3.05, 3.63) is 24.5 Å². The summed E-state index contributed by atoms with van der Waals surface area (Å²) in [5.41, 5.74) is 1.38. The van der Waals surface area contributed by atoms with E-state index < -0.39 is 0 Å². The smallest absolute Gasteiger partial charge is 0.230 e. The van der Waals surface area contributed by atoms with Gasteiger partial charge in [-0.1, -0.05) is 13.0 Å². The highest BCUT2D eigenvalue weighted by atomic mass is 16.2. The number of carbonyl (C=O) groups excluding carboxylic acids is 2. The monoisotopic (exact) mass is 396 g/mol. The number of hydrogen-bond donors (Lipinski definition) is 3. The molecule has 2 heterocycles. The van der Waals surface area contributed by atoms with E-state index in [4.69, 9.17) is 0 Å². The van der Waals surface area contributed by atoms with Gasteiger partial charge >= 0.3 is 0 Å². The molecule has 1 aliphatic carbocycles. The van der Waals surface area contributed by atoms with E-state index in [0.717, 1.165) is 30.3 Å². The highest BCUT2D eigenvalue weighted by Crippen LogP contribution is 2.26. The lowest BCUT2D eigenvalue weighted by Crippen LogP contribution is -2.40. The first-order valence-electron chi connectivity index (χ1n) is 10.0. The van der Waals surface area contributed by atoms with Crippen LogP contribution in [0, 0.1) is 5.92 Å². The number of fused-ring (bicyclic) bond motifs is 1. The van der Waals surface area contributed by atoms with Crippen molar-refractivity contribution >= 4 is 40.6 Å². The molecule has 0 aliphatic heterocycles. The number of carbonyl (C=O) groups is 2. The van der Waals surface area contributed by atoms with Gasteiger partial charge in [-0.05, 0) is 45.3 Å². The average molecular weight is 396 g/mol. The van der Waals surface area contributed by atoms with Crippen LogP contribution in [0.1, 0.15) is 52.1 Å². The molecule has 1 unspecified atom stereocenters. The summed E-state index contributed by atoms with van der Waals surface area (Å²) in [7, 11) is 0. The molecule has 154 valence electrons. The third-order valence-corrected chi connectivity index (χ3v) is 4.91. The number of anilines is 2. The van der Waals surface area contributed by atoms with E-state index >= 15 is 0 Å². The van der Waals surface area contributed by atoms with Crippen LogP contribution in [0.25, 0.3) is 17.0 Å². The number of amides is 2. The Bertz CT molecular complexity index is 927. The van der Waals surface area contributed by atoms with Gasteiger partial charge < -0.3 is 10.6 Å². The van der Waals surface area contributed by atoms with E-state index in [1.54, 1.807) is 12.3 Å². The minimum absolute atomic E-state index is 0.0397. The second-order valence-electron chi connectivity index (χ2n) is 7.78. The van der Waals surface area contributed by atoms with Crippen molar-refractivity contribution in [2.75, 3.05) is 10.6 Å². The number of aromatic nitrogens is 3. The molecule has 2 aromatic rings. The summed E-state index contributed by atoms with van der Waals surface area (Å²) < 4.78 is 0. The van der Waals surface area contributed by atoms with E-state index in [-0.39, 0.29) is 35.8 Å². The Labute approximate surface area is 170 Å². The molecule has 0 bridgehead atoms. The Morgan fingerprint density at radius 3 is 2.76 bits per heavy atom. The molecule has 1 saturated carbocycles. The normalized spacial score (nSPS) is 19.0. The van der Waals surface area contributed by atoms with Crippen LogP contribution < -0.4 is 16.0 Å². The Morgan fingerprint density at radius 2 is 2.07 bits per heavy atom. The zero-order chi connectivity index (χ0) is 21.0. The van der Waals surface area contributed by atoms with Crippen LogP contribution in [0.15, 0.2) is 18.8 Å². The maximum absolute atomic E-state index is 12.7. The second-order valence-corrected chi connectivity index (χ2v) is 7.78. The van der Waals surface area contributed by atoms with Gasteiger partial charge in [-0.2, -0.15) is 0 Å². The molecule has 0 spiro atoms. The Morgan fingerprint density at radius 1 is 1.28 bits per heavy atom. The van der Waals surface area contributed by atoms with E-state index in [2.05, 4.69) is 37.5 Å². The SMILES string of the molecule is C=Cc1cc2cnc(NC(=O)C3CCC[C@@H](NC(C)=O)C3)nc2c(NC(C)C)n1. The van der Waals surface area contributed by atoms with Gasteiger partial charge in [0.2, 0.25) is 17.8 Å². The van der Waals surface area contributed by atoms with E-state index in [9.17, 15) is 9.59 Å².